The fourth-order valence-corrected chi connectivity index (χ4v) is 2.93. The highest BCUT2D eigenvalue weighted by Crippen LogP contribution is 2.21. The number of aromatic nitrogens is 2. The molecule has 6 heteroatoms. The van der Waals surface area contributed by atoms with Gasteiger partial charge in [0.1, 0.15) is 5.82 Å². The van der Waals surface area contributed by atoms with E-state index in [1.165, 1.54) is 12.1 Å². The van der Waals surface area contributed by atoms with Gasteiger partial charge in [0.2, 0.25) is 0 Å². The molecule has 3 rings (SSSR count). The van der Waals surface area contributed by atoms with Gasteiger partial charge in [-0.3, -0.25) is 4.79 Å². The summed E-state index contributed by atoms with van der Waals surface area (Å²) in [5.74, 6) is -0.553. The summed E-state index contributed by atoms with van der Waals surface area (Å²) in [6.07, 6.45) is 4.31. The Morgan fingerprint density at radius 1 is 1.15 bits per heavy atom. The second kappa shape index (κ2) is 5.36. The average molecular weight is 293 g/mol. The van der Waals surface area contributed by atoms with E-state index in [2.05, 4.69) is 9.97 Å². The van der Waals surface area contributed by atoms with Crippen LogP contribution in [0.2, 0.25) is 0 Å². The molecule has 1 amide bonds. The summed E-state index contributed by atoms with van der Waals surface area (Å²) in [6.45, 7) is 1.48. The van der Waals surface area contributed by atoms with Crippen molar-refractivity contribution >= 4 is 29.2 Å². The highest BCUT2D eigenvalue weighted by Gasteiger charge is 2.21. The number of H-pyrrole nitrogens is 2. The predicted molar refractivity (Wildman–Crippen MR) is 77.8 cm³/mol. The number of hydrogen-bond donors (Lipinski definition) is 2. The second-order valence-corrected chi connectivity index (χ2v) is 5.57. The van der Waals surface area contributed by atoms with E-state index < -0.39 is 5.82 Å². The smallest absolute Gasteiger partial charge is 0.256 e. The van der Waals surface area contributed by atoms with Crippen molar-refractivity contribution in [2.45, 2.75) is 25.7 Å². The van der Waals surface area contributed by atoms with E-state index in [0.29, 0.717) is 21.4 Å². The number of amides is 1. The number of rotatable bonds is 1. The summed E-state index contributed by atoms with van der Waals surface area (Å²) in [5, 5.41) is 0. The third-order valence-electron chi connectivity index (χ3n) is 3.71. The van der Waals surface area contributed by atoms with Crippen LogP contribution >= 0.6 is 12.2 Å². The van der Waals surface area contributed by atoms with Crippen LogP contribution in [0.5, 0.6) is 0 Å². The first-order valence-electron chi connectivity index (χ1n) is 6.86. The molecule has 0 aliphatic carbocycles. The van der Waals surface area contributed by atoms with Crippen molar-refractivity contribution in [1.82, 2.24) is 14.9 Å². The lowest BCUT2D eigenvalue weighted by Crippen LogP contribution is -2.32. The van der Waals surface area contributed by atoms with Crippen LogP contribution in [0.25, 0.3) is 11.0 Å². The van der Waals surface area contributed by atoms with Crippen molar-refractivity contribution < 1.29 is 9.18 Å². The molecule has 0 radical (unpaired) electrons. The molecular formula is C14H16FN3OS. The maximum absolute atomic E-state index is 13.7. The number of halogens is 1. The van der Waals surface area contributed by atoms with Crippen molar-refractivity contribution in [2.24, 2.45) is 0 Å². The Hall–Kier alpha value is -1.69. The van der Waals surface area contributed by atoms with E-state index in [-0.39, 0.29) is 5.91 Å². The number of carbonyl (C=O) groups excluding carboxylic acids is 1. The van der Waals surface area contributed by atoms with Gasteiger partial charge in [0.05, 0.1) is 16.6 Å². The number of nitrogens with zero attached hydrogens (tertiary/aromatic N) is 1. The minimum Gasteiger partial charge on any atom is -0.339 e. The highest BCUT2D eigenvalue weighted by atomic mass is 32.1. The van der Waals surface area contributed by atoms with Gasteiger partial charge in [-0.2, -0.15) is 0 Å². The number of hydrogen-bond acceptors (Lipinski definition) is 2. The van der Waals surface area contributed by atoms with Gasteiger partial charge in [0.25, 0.3) is 5.91 Å². The van der Waals surface area contributed by atoms with E-state index in [0.717, 1.165) is 38.8 Å². The zero-order valence-electron chi connectivity index (χ0n) is 11.0. The lowest BCUT2D eigenvalue weighted by molar-refractivity contribution is 0.0763. The van der Waals surface area contributed by atoms with Gasteiger partial charge in [-0.05, 0) is 37.2 Å². The summed E-state index contributed by atoms with van der Waals surface area (Å²) in [4.78, 5) is 20.2. The summed E-state index contributed by atoms with van der Waals surface area (Å²) in [6, 6.07) is 2.63. The molecule has 0 atom stereocenters. The molecule has 1 aliphatic rings. The maximum atomic E-state index is 13.7. The van der Waals surface area contributed by atoms with Crippen molar-refractivity contribution in [3.05, 3.63) is 28.3 Å². The second-order valence-electron chi connectivity index (χ2n) is 5.16. The van der Waals surface area contributed by atoms with Gasteiger partial charge in [-0.1, -0.05) is 12.8 Å². The van der Waals surface area contributed by atoms with E-state index in [4.69, 9.17) is 12.2 Å². The van der Waals surface area contributed by atoms with E-state index in [1.54, 1.807) is 0 Å². The zero-order chi connectivity index (χ0) is 14.1. The summed E-state index contributed by atoms with van der Waals surface area (Å²) in [5.41, 5.74) is 1.48. The van der Waals surface area contributed by atoms with Gasteiger partial charge >= 0.3 is 0 Å². The molecule has 2 heterocycles. The molecule has 1 aromatic heterocycles. The number of likely N-dealkylation sites (tertiary alicyclic amines) is 1. The van der Waals surface area contributed by atoms with Crippen molar-refractivity contribution in [2.75, 3.05) is 13.1 Å². The first kappa shape index (κ1) is 13.3. The molecule has 1 aliphatic heterocycles. The van der Waals surface area contributed by atoms with Gasteiger partial charge in [-0.25, -0.2) is 4.39 Å². The molecule has 1 fully saturated rings. The van der Waals surface area contributed by atoms with Crippen LogP contribution in [0.1, 0.15) is 36.0 Å². The Kier molecular flexibility index (Phi) is 3.56. The lowest BCUT2D eigenvalue weighted by atomic mass is 10.1. The highest BCUT2D eigenvalue weighted by molar-refractivity contribution is 7.71. The number of imidazole rings is 1. The molecule has 2 aromatic rings. The lowest BCUT2D eigenvalue weighted by Gasteiger charge is -2.20. The maximum Gasteiger partial charge on any atom is 0.256 e. The van der Waals surface area contributed by atoms with Crippen LogP contribution in [0.15, 0.2) is 12.1 Å². The van der Waals surface area contributed by atoms with Crippen LogP contribution in [0.4, 0.5) is 4.39 Å². The van der Waals surface area contributed by atoms with Crippen LogP contribution in [-0.2, 0) is 0 Å². The summed E-state index contributed by atoms with van der Waals surface area (Å²) in [7, 11) is 0. The number of aromatic amines is 2. The first-order valence-corrected chi connectivity index (χ1v) is 7.27. The third-order valence-corrected chi connectivity index (χ3v) is 3.92. The van der Waals surface area contributed by atoms with Crippen LogP contribution in [0.3, 0.4) is 0 Å². The number of nitrogens with one attached hydrogen (secondary N) is 2. The number of benzene rings is 1. The molecule has 20 heavy (non-hydrogen) atoms. The minimum absolute atomic E-state index is 0.123. The molecule has 1 aromatic carbocycles. The van der Waals surface area contributed by atoms with E-state index in [9.17, 15) is 9.18 Å². The van der Waals surface area contributed by atoms with Gasteiger partial charge in [-0.15, -0.1) is 0 Å². The van der Waals surface area contributed by atoms with E-state index in [1.807, 2.05) is 4.90 Å². The summed E-state index contributed by atoms with van der Waals surface area (Å²) < 4.78 is 14.1. The molecule has 0 unspecified atom stereocenters. The fraction of sp³-hybridized carbons (Fsp3) is 0.429. The zero-order valence-corrected chi connectivity index (χ0v) is 11.9. The van der Waals surface area contributed by atoms with Crippen LogP contribution in [-0.4, -0.2) is 33.9 Å². The number of fused-ring (bicyclic) bond motifs is 1. The average Bonchev–Trinajstić information content (AvgIpc) is 2.65. The molecule has 0 bridgehead atoms. The molecule has 1 saturated heterocycles. The first-order chi connectivity index (χ1) is 9.65. The Labute approximate surface area is 121 Å². The van der Waals surface area contributed by atoms with Gasteiger partial charge in [0, 0.05) is 13.1 Å². The van der Waals surface area contributed by atoms with Crippen molar-refractivity contribution in [1.29, 1.82) is 0 Å². The molecular weight excluding hydrogens is 277 g/mol. The Bertz CT molecular complexity index is 698. The van der Waals surface area contributed by atoms with E-state index >= 15 is 0 Å². The molecule has 2 N–H and O–H groups in total. The van der Waals surface area contributed by atoms with Crippen LogP contribution < -0.4 is 0 Å². The van der Waals surface area contributed by atoms with Gasteiger partial charge in [0.15, 0.2) is 4.77 Å². The molecule has 0 saturated carbocycles. The quantitative estimate of drug-likeness (QED) is 0.792. The Morgan fingerprint density at radius 3 is 2.55 bits per heavy atom. The SMILES string of the molecule is O=C(c1cc(F)cc2[nH]c(=S)[nH]c12)N1CCCCCC1. The normalized spacial score (nSPS) is 16.4. The molecule has 106 valence electrons. The predicted octanol–water partition coefficient (Wildman–Crippen LogP) is 3.38. The molecule has 4 nitrogen and oxygen atoms in total. The minimum atomic E-state index is -0.430. The number of carbonyl (C=O) groups is 1. The van der Waals surface area contributed by atoms with Gasteiger partial charge < -0.3 is 14.9 Å². The van der Waals surface area contributed by atoms with Crippen molar-refractivity contribution in [3.8, 4) is 0 Å². The van der Waals surface area contributed by atoms with Crippen LogP contribution in [0, 0.1) is 10.6 Å². The Morgan fingerprint density at radius 2 is 1.85 bits per heavy atom. The largest absolute Gasteiger partial charge is 0.339 e. The van der Waals surface area contributed by atoms with Crippen molar-refractivity contribution in [3.63, 3.8) is 0 Å². The summed E-state index contributed by atoms with van der Waals surface area (Å²) >= 11 is 5.02. The fourth-order valence-electron chi connectivity index (χ4n) is 2.72. The Balaban J connectivity index is 2.03. The standard InChI is InChI=1S/C14H16FN3OS/c15-9-7-10(12-11(8-9)16-14(20)17-12)13(19)18-5-3-1-2-4-6-18/h7-8H,1-6H2,(H2,16,17,20). The topological polar surface area (TPSA) is 51.9 Å². The molecule has 0 spiro atoms. The third kappa shape index (κ3) is 2.47. The monoisotopic (exact) mass is 293 g/mol.